The predicted molar refractivity (Wildman–Crippen MR) is 261 cm³/mol. The SMILES string of the molecule is CCCCCCCCCCCCCCCCCCC(=O)OC[C@@H](COC(=O)CCCCCCCCCCCCCCCCC(C)C)OC(=O)CCCCCCCCCCCC. The molecule has 0 aromatic rings. The van der Waals surface area contributed by atoms with E-state index in [0.717, 1.165) is 63.7 Å². The Balaban J connectivity index is 4.23. The molecule has 0 bridgehead atoms. The van der Waals surface area contributed by atoms with E-state index in [1.54, 1.807) is 0 Å². The Morgan fingerprint density at radius 1 is 0.311 bits per heavy atom. The number of ether oxygens (including phenoxy) is 3. The Morgan fingerprint density at radius 3 is 0.803 bits per heavy atom. The molecule has 6 nitrogen and oxygen atoms in total. The van der Waals surface area contributed by atoms with Crippen LogP contribution in [0.4, 0.5) is 0 Å². The highest BCUT2D eigenvalue weighted by Gasteiger charge is 2.19. The minimum absolute atomic E-state index is 0.0623. The van der Waals surface area contributed by atoms with Gasteiger partial charge in [0.1, 0.15) is 13.2 Å². The van der Waals surface area contributed by atoms with Gasteiger partial charge in [0, 0.05) is 19.3 Å². The Bertz CT molecular complexity index is 918. The molecule has 0 amide bonds. The largest absolute Gasteiger partial charge is 0.462 e. The molecule has 0 saturated heterocycles. The zero-order valence-electron chi connectivity index (χ0n) is 41.6. The fraction of sp³-hybridized carbons (Fsp3) is 0.945. The van der Waals surface area contributed by atoms with Gasteiger partial charge in [-0.25, -0.2) is 0 Å². The minimum atomic E-state index is -0.760. The second kappa shape index (κ2) is 49.4. The van der Waals surface area contributed by atoms with Crippen molar-refractivity contribution >= 4 is 17.9 Å². The lowest BCUT2D eigenvalue weighted by molar-refractivity contribution is -0.167. The highest BCUT2D eigenvalue weighted by molar-refractivity contribution is 5.71. The number of carbonyl (C=O) groups excluding carboxylic acids is 3. The maximum Gasteiger partial charge on any atom is 0.306 e. The molecule has 6 heteroatoms. The fourth-order valence-corrected chi connectivity index (χ4v) is 8.39. The third-order valence-electron chi connectivity index (χ3n) is 12.5. The standard InChI is InChI=1S/C55H106O6/c1-5-7-9-11-13-15-17-18-19-20-24-27-31-34-38-42-46-53(56)59-49-52(61-55(58)48-44-40-36-30-16-14-12-10-8-6-2)50-60-54(57)47-43-39-35-32-28-25-22-21-23-26-29-33-37-41-45-51(3)4/h51-52H,5-50H2,1-4H3/t52-/m0/s1. The van der Waals surface area contributed by atoms with Crippen LogP contribution in [0.2, 0.25) is 0 Å². The van der Waals surface area contributed by atoms with Gasteiger partial charge < -0.3 is 14.2 Å². The van der Waals surface area contributed by atoms with E-state index in [2.05, 4.69) is 27.7 Å². The van der Waals surface area contributed by atoms with Gasteiger partial charge in [0.25, 0.3) is 0 Å². The van der Waals surface area contributed by atoms with E-state index >= 15 is 0 Å². The van der Waals surface area contributed by atoms with Crippen LogP contribution in [0.1, 0.15) is 310 Å². The summed E-state index contributed by atoms with van der Waals surface area (Å²) in [6.07, 6.45) is 52.3. The third kappa shape index (κ3) is 49.3. The quantitative estimate of drug-likeness (QED) is 0.0344. The molecule has 0 aliphatic rings. The average molecular weight is 863 g/mol. The first-order chi connectivity index (χ1) is 29.9. The normalized spacial score (nSPS) is 12.0. The zero-order chi connectivity index (χ0) is 44.5. The van der Waals surface area contributed by atoms with Crippen molar-refractivity contribution in [3.05, 3.63) is 0 Å². The summed E-state index contributed by atoms with van der Waals surface area (Å²) in [5.41, 5.74) is 0. The lowest BCUT2D eigenvalue weighted by atomic mass is 10.0. The maximum atomic E-state index is 12.8. The third-order valence-corrected chi connectivity index (χ3v) is 12.5. The Labute approximate surface area is 380 Å². The van der Waals surface area contributed by atoms with Crippen molar-refractivity contribution in [3.8, 4) is 0 Å². The van der Waals surface area contributed by atoms with E-state index < -0.39 is 6.10 Å². The van der Waals surface area contributed by atoms with Gasteiger partial charge in [-0.3, -0.25) is 14.4 Å². The van der Waals surface area contributed by atoms with Gasteiger partial charge in [0.05, 0.1) is 0 Å². The van der Waals surface area contributed by atoms with Crippen LogP contribution in [-0.2, 0) is 28.6 Å². The molecule has 0 saturated carbocycles. The molecule has 61 heavy (non-hydrogen) atoms. The van der Waals surface area contributed by atoms with Crippen LogP contribution in [0, 0.1) is 5.92 Å². The Kier molecular flexibility index (Phi) is 48.1. The van der Waals surface area contributed by atoms with Crippen molar-refractivity contribution in [3.63, 3.8) is 0 Å². The lowest BCUT2D eigenvalue weighted by Gasteiger charge is -2.18. The minimum Gasteiger partial charge on any atom is -0.462 e. The second-order valence-corrected chi connectivity index (χ2v) is 19.3. The topological polar surface area (TPSA) is 78.9 Å². The van der Waals surface area contributed by atoms with E-state index in [1.165, 1.54) is 205 Å². The molecule has 362 valence electrons. The Hall–Kier alpha value is -1.59. The molecule has 0 heterocycles. The molecule has 0 rings (SSSR count). The van der Waals surface area contributed by atoms with Gasteiger partial charge in [-0.05, 0) is 25.2 Å². The zero-order valence-corrected chi connectivity index (χ0v) is 41.6. The van der Waals surface area contributed by atoms with E-state index in [1.807, 2.05) is 0 Å². The van der Waals surface area contributed by atoms with Gasteiger partial charge in [-0.1, -0.05) is 272 Å². The summed E-state index contributed by atoms with van der Waals surface area (Å²) in [4.78, 5) is 38.0. The van der Waals surface area contributed by atoms with Crippen LogP contribution in [0.5, 0.6) is 0 Å². The van der Waals surface area contributed by atoms with E-state index in [0.29, 0.717) is 19.3 Å². The van der Waals surface area contributed by atoms with E-state index in [9.17, 15) is 14.4 Å². The summed E-state index contributed by atoms with van der Waals surface area (Å²) in [5, 5.41) is 0. The molecule has 0 radical (unpaired) electrons. The van der Waals surface area contributed by atoms with Crippen LogP contribution in [0.25, 0.3) is 0 Å². The van der Waals surface area contributed by atoms with Crippen LogP contribution in [-0.4, -0.2) is 37.2 Å². The average Bonchev–Trinajstić information content (AvgIpc) is 3.24. The van der Waals surface area contributed by atoms with Crippen molar-refractivity contribution in [1.82, 2.24) is 0 Å². The summed E-state index contributed by atoms with van der Waals surface area (Å²) in [7, 11) is 0. The first-order valence-corrected chi connectivity index (χ1v) is 27.4. The Morgan fingerprint density at radius 2 is 0.541 bits per heavy atom. The number of hydrogen-bond acceptors (Lipinski definition) is 6. The molecule has 0 aromatic carbocycles. The van der Waals surface area contributed by atoms with Crippen LogP contribution in [0.3, 0.4) is 0 Å². The molecule has 0 fully saturated rings. The van der Waals surface area contributed by atoms with Crippen molar-refractivity contribution in [1.29, 1.82) is 0 Å². The molecule has 0 aliphatic heterocycles. The smallest absolute Gasteiger partial charge is 0.306 e. The lowest BCUT2D eigenvalue weighted by Crippen LogP contribution is -2.30. The highest BCUT2D eigenvalue weighted by Crippen LogP contribution is 2.17. The molecule has 0 aliphatic carbocycles. The summed E-state index contributed by atoms with van der Waals surface area (Å²) in [6.45, 7) is 9.04. The summed E-state index contributed by atoms with van der Waals surface area (Å²) < 4.78 is 16.8. The molecule has 1 atom stereocenters. The van der Waals surface area contributed by atoms with Crippen LogP contribution >= 0.6 is 0 Å². The van der Waals surface area contributed by atoms with Crippen LogP contribution < -0.4 is 0 Å². The molecule has 0 unspecified atom stereocenters. The van der Waals surface area contributed by atoms with Crippen molar-refractivity contribution < 1.29 is 28.6 Å². The predicted octanol–water partition coefficient (Wildman–Crippen LogP) is 17.8. The monoisotopic (exact) mass is 863 g/mol. The van der Waals surface area contributed by atoms with Gasteiger partial charge >= 0.3 is 17.9 Å². The van der Waals surface area contributed by atoms with Crippen LogP contribution in [0.15, 0.2) is 0 Å². The molecule has 0 aromatic heterocycles. The van der Waals surface area contributed by atoms with Gasteiger partial charge in [0.15, 0.2) is 6.10 Å². The first-order valence-electron chi connectivity index (χ1n) is 27.4. The summed E-state index contributed by atoms with van der Waals surface area (Å²) in [6, 6.07) is 0. The molecule has 0 spiro atoms. The number of hydrogen-bond donors (Lipinski definition) is 0. The van der Waals surface area contributed by atoms with Crippen molar-refractivity contribution in [2.75, 3.05) is 13.2 Å². The number of rotatable bonds is 50. The molecule has 0 N–H and O–H groups in total. The number of esters is 3. The number of carbonyl (C=O) groups is 3. The summed E-state index contributed by atoms with van der Waals surface area (Å²) >= 11 is 0. The van der Waals surface area contributed by atoms with Gasteiger partial charge in [-0.15, -0.1) is 0 Å². The van der Waals surface area contributed by atoms with E-state index in [4.69, 9.17) is 14.2 Å². The van der Waals surface area contributed by atoms with Crippen molar-refractivity contribution in [2.24, 2.45) is 5.92 Å². The first kappa shape index (κ1) is 59.4. The van der Waals surface area contributed by atoms with Gasteiger partial charge in [-0.2, -0.15) is 0 Å². The second-order valence-electron chi connectivity index (χ2n) is 19.3. The fourth-order valence-electron chi connectivity index (χ4n) is 8.39. The maximum absolute atomic E-state index is 12.8. The molecular weight excluding hydrogens is 757 g/mol. The van der Waals surface area contributed by atoms with E-state index in [-0.39, 0.29) is 31.1 Å². The van der Waals surface area contributed by atoms with Gasteiger partial charge in [0.2, 0.25) is 0 Å². The summed E-state index contributed by atoms with van der Waals surface area (Å²) in [5.74, 6) is 0.00359. The van der Waals surface area contributed by atoms with Crippen molar-refractivity contribution in [2.45, 2.75) is 316 Å². The number of unbranched alkanes of at least 4 members (excludes halogenated alkanes) is 37. The highest BCUT2D eigenvalue weighted by atomic mass is 16.6. The molecular formula is C55H106O6.